The molecule has 13 heavy (non-hydrogen) atoms. The molecule has 0 aliphatic carbocycles. The Morgan fingerprint density at radius 2 is 2.31 bits per heavy atom. The second-order valence-electron chi connectivity index (χ2n) is 2.83. The van der Waals surface area contributed by atoms with Crippen LogP contribution in [0, 0.1) is 0 Å². The quantitative estimate of drug-likeness (QED) is 0.420. The molecule has 0 unspecified atom stereocenters. The molecule has 0 radical (unpaired) electrons. The minimum Gasteiger partial charge on any atom is -0.390 e. The third-order valence-corrected chi connectivity index (χ3v) is 1.80. The summed E-state index contributed by atoms with van der Waals surface area (Å²) in [7, 11) is 0. The van der Waals surface area contributed by atoms with E-state index in [0.29, 0.717) is 0 Å². The van der Waals surface area contributed by atoms with Crippen molar-refractivity contribution < 1.29 is 0 Å². The summed E-state index contributed by atoms with van der Waals surface area (Å²) in [6.45, 7) is 0.823. The molecule has 1 heterocycles. The molecule has 0 amide bonds. The zero-order valence-electron chi connectivity index (χ0n) is 7.69. The van der Waals surface area contributed by atoms with Gasteiger partial charge in [-0.1, -0.05) is 6.07 Å². The van der Waals surface area contributed by atoms with E-state index in [1.165, 1.54) is 6.34 Å². The summed E-state index contributed by atoms with van der Waals surface area (Å²) in [6, 6.07) is 5.99. The van der Waals surface area contributed by atoms with E-state index < -0.39 is 0 Å². The van der Waals surface area contributed by atoms with E-state index in [1.807, 2.05) is 24.4 Å². The van der Waals surface area contributed by atoms with Crippen LogP contribution in [0.3, 0.4) is 0 Å². The number of unbranched alkanes of at least 4 members (excludes halogenated alkanes) is 1. The van der Waals surface area contributed by atoms with Gasteiger partial charge in [0, 0.05) is 18.4 Å². The van der Waals surface area contributed by atoms with Crippen molar-refractivity contribution in [1.82, 2.24) is 4.98 Å². The Labute approximate surface area is 78.7 Å². The number of aryl methyl sites for hydroxylation is 1. The van der Waals surface area contributed by atoms with Crippen LogP contribution in [0.1, 0.15) is 18.5 Å². The summed E-state index contributed by atoms with van der Waals surface area (Å²) >= 11 is 0. The van der Waals surface area contributed by atoms with Gasteiger partial charge in [-0.3, -0.25) is 9.98 Å². The highest BCUT2D eigenvalue weighted by Crippen LogP contribution is 2.00. The van der Waals surface area contributed by atoms with Crippen LogP contribution in [-0.4, -0.2) is 17.9 Å². The second kappa shape index (κ2) is 6.17. The number of rotatable bonds is 5. The molecule has 1 aromatic heterocycles. The third kappa shape index (κ3) is 4.25. The predicted molar refractivity (Wildman–Crippen MR) is 54.7 cm³/mol. The van der Waals surface area contributed by atoms with E-state index in [2.05, 4.69) is 9.98 Å². The zero-order chi connectivity index (χ0) is 9.36. The first-order valence-electron chi connectivity index (χ1n) is 4.53. The Kier molecular flexibility index (Phi) is 4.61. The monoisotopic (exact) mass is 177 g/mol. The smallest absolute Gasteiger partial charge is 0.0797 e. The van der Waals surface area contributed by atoms with E-state index in [9.17, 15) is 0 Å². The molecule has 0 aliphatic rings. The molecule has 1 rings (SSSR count). The Morgan fingerprint density at radius 3 is 3.00 bits per heavy atom. The lowest BCUT2D eigenvalue weighted by atomic mass is 10.2. The van der Waals surface area contributed by atoms with Crippen LogP contribution in [0.5, 0.6) is 0 Å². The number of nitrogens with zero attached hydrogens (tertiary/aromatic N) is 2. The Balaban J connectivity index is 2.13. The lowest BCUT2D eigenvalue weighted by Gasteiger charge is -1.97. The molecule has 3 nitrogen and oxygen atoms in total. The van der Waals surface area contributed by atoms with E-state index >= 15 is 0 Å². The predicted octanol–water partition coefficient (Wildman–Crippen LogP) is 1.39. The van der Waals surface area contributed by atoms with Crippen molar-refractivity contribution in [3.63, 3.8) is 0 Å². The summed E-state index contributed by atoms with van der Waals surface area (Å²) in [6.07, 6.45) is 6.41. The molecule has 0 aromatic carbocycles. The first kappa shape index (κ1) is 9.71. The minimum atomic E-state index is 0.823. The van der Waals surface area contributed by atoms with E-state index in [1.54, 1.807) is 0 Å². The molecule has 70 valence electrons. The number of hydrogen-bond acceptors (Lipinski definition) is 2. The lowest BCUT2D eigenvalue weighted by Crippen LogP contribution is -1.93. The van der Waals surface area contributed by atoms with Gasteiger partial charge in [-0.05, 0) is 31.4 Å². The highest BCUT2D eigenvalue weighted by molar-refractivity contribution is 5.50. The van der Waals surface area contributed by atoms with E-state index in [4.69, 9.17) is 5.73 Å². The fourth-order valence-corrected chi connectivity index (χ4v) is 1.13. The summed E-state index contributed by atoms with van der Waals surface area (Å²) < 4.78 is 0. The molecule has 0 spiro atoms. The number of hydrogen-bond donors (Lipinski definition) is 1. The van der Waals surface area contributed by atoms with Crippen LogP contribution >= 0.6 is 0 Å². The molecule has 0 aliphatic heterocycles. The van der Waals surface area contributed by atoms with Crippen molar-refractivity contribution in [2.75, 3.05) is 6.54 Å². The third-order valence-electron chi connectivity index (χ3n) is 1.80. The van der Waals surface area contributed by atoms with E-state index in [0.717, 1.165) is 31.5 Å². The average Bonchev–Trinajstić information content (AvgIpc) is 2.19. The lowest BCUT2D eigenvalue weighted by molar-refractivity contribution is 0.734. The van der Waals surface area contributed by atoms with Crippen molar-refractivity contribution in [2.45, 2.75) is 19.3 Å². The Bertz CT molecular complexity index is 244. The molecular formula is C10H15N3. The first-order valence-corrected chi connectivity index (χ1v) is 4.53. The van der Waals surface area contributed by atoms with Crippen LogP contribution in [0.25, 0.3) is 0 Å². The Hall–Kier alpha value is -1.38. The topological polar surface area (TPSA) is 51.3 Å². The van der Waals surface area contributed by atoms with Gasteiger partial charge in [0.05, 0.1) is 6.34 Å². The molecular weight excluding hydrogens is 162 g/mol. The van der Waals surface area contributed by atoms with Crippen molar-refractivity contribution in [2.24, 2.45) is 10.7 Å². The maximum Gasteiger partial charge on any atom is 0.0797 e. The van der Waals surface area contributed by atoms with Gasteiger partial charge < -0.3 is 5.73 Å². The van der Waals surface area contributed by atoms with Crippen molar-refractivity contribution in [3.05, 3.63) is 30.1 Å². The SMILES string of the molecule is NC=NCCCCc1ccccn1. The largest absolute Gasteiger partial charge is 0.390 e. The van der Waals surface area contributed by atoms with E-state index in [-0.39, 0.29) is 0 Å². The first-order chi connectivity index (χ1) is 6.43. The highest BCUT2D eigenvalue weighted by atomic mass is 14.8. The fraction of sp³-hybridized carbons (Fsp3) is 0.400. The average molecular weight is 177 g/mol. The normalized spacial score (nSPS) is 10.8. The molecule has 0 bridgehead atoms. The van der Waals surface area contributed by atoms with Crippen LogP contribution < -0.4 is 5.73 Å². The van der Waals surface area contributed by atoms with Gasteiger partial charge in [0.15, 0.2) is 0 Å². The standard InChI is InChI=1S/C10H15N3/c11-9-12-7-3-1-5-10-6-2-4-8-13-10/h2,4,6,8-9H,1,3,5,7H2,(H2,11,12). The van der Waals surface area contributed by atoms with Gasteiger partial charge in [-0.15, -0.1) is 0 Å². The van der Waals surface area contributed by atoms with Gasteiger partial charge in [0.25, 0.3) is 0 Å². The Morgan fingerprint density at radius 1 is 1.38 bits per heavy atom. The minimum absolute atomic E-state index is 0.823. The maximum atomic E-state index is 5.12. The maximum absolute atomic E-state index is 5.12. The molecule has 0 atom stereocenters. The van der Waals surface area contributed by atoms with Crippen LogP contribution in [0.15, 0.2) is 29.4 Å². The highest BCUT2D eigenvalue weighted by Gasteiger charge is 1.91. The van der Waals surface area contributed by atoms with Crippen molar-refractivity contribution >= 4 is 6.34 Å². The van der Waals surface area contributed by atoms with Gasteiger partial charge in [-0.2, -0.15) is 0 Å². The molecule has 0 saturated carbocycles. The molecule has 0 saturated heterocycles. The molecule has 3 heteroatoms. The second-order valence-corrected chi connectivity index (χ2v) is 2.83. The van der Waals surface area contributed by atoms with Crippen LogP contribution in [0.2, 0.25) is 0 Å². The van der Waals surface area contributed by atoms with Crippen molar-refractivity contribution in [1.29, 1.82) is 0 Å². The number of aromatic nitrogens is 1. The number of nitrogens with two attached hydrogens (primary N) is 1. The van der Waals surface area contributed by atoms with Gasteiger partial charge >= 0.3 is 0 Å². The summed E-state index contributed by atoms with van der Waals surface area (Å²) in [5, 5.41) is 0. The number of aliphatic imine (C=N–C) groups is 1. The number of pyridine rings is 1. The van der Waals surface area contributed by atoms with Gasteiger partial charge in [0.1, 0.15) is 0 Å². The van der Waals surface area contributed by atoms with Gasteiger partial charge in [-0.25, -0.2) is 0 Å². The van der Waals surface area contributed by atoms with Crippen LogP contribution in [0.4, 0.5) is 0 Å². The zero-order valence-corrected chi connectivity index (χ0v) is 7.69. The molecule has 1 aromatic rings. The summed E-state index contributed by atoms with van der Waals surface area (Å²) in [5.74, 6) is 0. The summed E-state index contributed by atoms with van der Waals surface area (Å²) in [4.78, 5) is 8.17. The van der Waals surface area contributed by atoms with Gasteiger partial charge in [0.2, 0.25) is 0 Å². The summed E-state index contributed by atoms with van der Waals surface area (Å²) in [5.41, 5.74) is 6.27. The molecule has 2 N–H and O–H groups in total. The van der Waals surface area contributed by atoms with Crippen molar-refractivity contribution in [3.8, 4) is 0 Å². The molecule has 0 fully saturated rings. The van der Waals surface area contributed by atoms with Crippen LogP contribution in [-0.2, 0) is 6.42 Å². The fourth-order valence-electron chi connectivity index (χ4n) is 1.13.